The molecule has 2 aromatic rings. The van der Waals surface area contributed by atoms with E-state index in [0.717, 1.165) is 56.0 Å². The van der Waals surface area contributed by atoms with Crippen LogP contribution in [0.15, 0.2) is 30.5 Å². The molecular weight excluding hydrogens is 338 g/mol. The third-order valence-corrected chi connectivity index (χ3v) is 6.06. The number of rotatable bonds is 5. The summed E-state index contributed by atoms with van der Waals surface area (Å²) in [5.41, 5.74) is 2.33. The minimum absolute atomic E-state index is 0.0404. The van der Waals surface area contributed by atoms with Crippen LogP contribution in [0.3, 0.4) is 0 Å². The standard InChI is InChI=1S/C22H29N3O2/c1-16-9-12-25-20(15-23-21(25)13-16)19(14-22(26)24-10-3-4-11-24)17-5-7-18(27-2)8-6-17/h5-8,15-16,19H,3-4,9-14H2,1-2H3/t16-,19-/m1/s1. The number of carbonyl (C=O) groups is 1. The highest BCUT2D eigenvalue weighted by atomic mass is 16.5. The third kappa shape index (κ3) is 3.73. The molecular formula is C22H29N3O2. The summed E-state index contributed by atoms with van der Waals surface area (Å²) in [6.45, 7) is 5.08. The first kappa shape index (κ1) is 18.1. The van der Waals surface area contributed by atoms with Gasteiger partial charge in [0.2, 0.25) is 5.91 Å². The number of benzene rings is 1. The number of likely N-dealkylation sites (tertiary alicyclic amines) is 1. The van der Waals surface area contributed by atoms with Gasteiger partial charge >= 0.3 is 0 Å². The van der Waals surface area contributed by atoms with Crippen LogP contribution in [0.25, 0.3) is 0 Å². The second-order valence-corrected chi connectivity index (χ2v) is 7.97. The van der Waals surface area contributed by atoms with Gasteiger partial charge in [-0.3, -0.25) is 4.79 Å². The molecule has 1 aromatic heterocycles. The molecule has 27 heavy (non-hydrogen) atoms. The Hall–Kier alpha value is -2.30. The molecule has 2 aliphatic rings. The van der Waals surface area contributed by atoms with Crippen molar-refractivity contribution in [3.8, 4) is 5.75 Å². The zero-order valence-electron chi connectivity index (χ0n) is 16.4. The maximum absolute atomic E-state index is 12.9. The molecule has 1 saturated heterocycles. The van der Waals surface area contributed by atoms with E-state index in [-0.39, 0.29) is 11.8 Å². The van der Waals surface area contributed by atoms with Crippen molar-refractivity contribution in [3.05, 3.63) is 47.5 Å². The van der Waals surface area contributed by atoms with E-state index < -0.39 is 0 Å². The van der Waals surface area contributed by atoms with Crippen LogP contribution in [-0.4, -0.2) is 40.6 Å². The van der Waals surface area contributed by atoms with E-state index in [4.69, 9.17) is 9.72 Å². The van der Waals surface area contributed by atoms with Gasteiger partial charge in [-0.05, 0) is 42.9 Å². The average molecular weight is 367 g/mol. The molecule has 144 valence electrons. The number of imidazole rings is 1. The normalized spacial score (nSPS) is 20.4. The predicted octanol–water partition coefficient (Wildman–Crippen LogP) is 3.62. The Kier molecular flexibility index (Phi) is 5.19. The topological polar surface area (TPSA) is 47.4 Å². The lowest BCUT2D eigenvalue weighted by molar-refractivity contribution is -0.130. The van der Waals surface area contributed by atoms with Crippen LogP contribution in [0.1, 0.15) is 55.6 Å². The molecule has 1 amide bonds. The van der Waals surface area contributed by atoms with Crippen LogP contribution < -0.4 is 4.74 Å². The highest BCUT2D eigenvalue weighted by molar-refractivity contribution is 5.78. The molecule has 1 aromatic carbocycles. The lowest BCUT2D eigenvalue weighted by atomic mass is 9.91. The first-order valence-corrected chi connectivity index (χ1v) is 10.1. The zero-order chi connectivity index (χ0) is 18.8. The minimum atomic E-state index is 0.0404. The van der Waals surface area contributed by atoms with Crippen LogP contribution in [0, 0.1) is 5.92 Å². The Morgan fingerprint density at radius 1 is 1.22 bits per heavy atom. The van der Waals surface area contributed by atoms with Gasteiger partial charge in [-0.2, -0.15) is 0 Å². The van der Waals surface area contributed by atoms with E-state index in [1.54, 1.807) is 7.11 Å². The summed E-state index contributed by atoms with van der Waals surface area (Å²) in [5, 5.41) is 0. The molecule has 0 aliphatic carbocycles. The molecule has 5 heteroatoms. The van der Waals surface area contributed by atoms with Gasteiger partial charge in [0.1, 0.15) is 11.6 Å². The zero-order valence-corrected chi connectivity index (χ0v) is 16.4. The molecule has 5 nitrogen and oxygen atoms in total. The van der Waals surface area contributed by atoms with Crippen molar-refractivity contribution in [2.24, 2.45) is 5.92 Å². The molecule has 2 aliphatic heterocycles. The fourth-order valence-corrected chi connectivity index (χ4v) is 4.39. The second-order valence-electron chi connectivity index (χ2n) is 7.97. The van der Waals surface area contributed by atoms with Crippen molar-refractivity contribution in [2.75, 3.05) is 20.2 Å². The van der Waals surface area contributed by atoms with E-state index >= 15 is 0 Å². The molecule has 0 unspecified atom stereocenters. The lowest BCUT2D eigenvalue weighted by Gasteiger charge is -2.26. The fourth-order valence-electron chi connectivity index (χ4n) is 4.39. The number of hydrogen-bond acceptors (Lipinski definition) is 3. The van der Waals surface area contributed by atoms with Crippen molar-refractivity contribution < 1.29 is 9.53 Å². The lowest BCUT2D eigenvalue weighted by Crippen LogP contribution is -2.30. The largest absolute Gasteiger partial charge is 0.497 e. The van der Waals surface area contributed by atoms with Gasteiger partial charge in [0.25, 0.3) is 0 Å². The van der Waals surface area contributed by atoms with Crippen LogP contribution >= 0.6 is 0 Å². The average Bonchev–Trinajstić information content (AvgIpc) is 3.36. The Bertz CT molecular complexity index is 790. The summed E-state index contributed by atoms with van der Waals surface area (Å²) >= 11 is 0. The number of amides is 1. The van der Waals surface area contributed by atoms with Crippen LogP contribution in [-0.2, 0) is 17.8 Å². The molecule has 0 radical (unpaired) electrons. The number of carbonyl (C=O) groups excluding carboxylic acids is 1. The Labute approximate surface area is 161 Å². The second kappa shape index (κ2) is 7.75. The molecule has 0 saturated carbocycles. The maximum Gasteiger partial charge on any atom is 0.223 e. The summed E-state index contributed by atoms with van der Waals surface area (Å²) in [6, 6.07) is 8.15. The number of hydrogen-bond donors (Lipinski definition) is 0. The van der Waals surface area contributed by atoms with Gasteiger partial charge in [0, 0.05) is 50.3 Å². The van der Waals surface area contributed by atoms with Crippen molar-refractivity contribution in [2.45, 2.75) is 51.5 Å². The highest BCUT2D eigenvalue weighted by Gasteiger charge is 2.28. The Morgan fingerprint density at radius 3 is 2.67 bits per heavy atom. The van der Waals surface area contributed by atoms with E-state index in [1.807, 2.05) is 23.2 Å². The summed E-state index contributed by atoms with van der Waals surface area (Å²) in [7, 11) is 1.68. The minimum Gasteiger partial charge on any atom is -0.497 e. The molecule has 0 spiro atoms. The predicted molar refractivity (Wildman–Crippen MR) is 105 cm³/mol. The summed E-state index contributed by atoms with van der Waals surface area (Å²) in [4.78, 5) is 19.7. The van der Waals surface area contributed by atoms with E-state index in [9.17, 15) is 4.79 Å². The number of ether oxygens (including phenoxy) is 1. The summed E-state index contributed by atoms with van der Waals surface area (Å²) in [6.07, 6.45) is 6.95. The van der Waals surface area contributed by atoms with E-state index in [2.05, 4.69) is 23.6 Å². The first-order chi connectivity index (χ1) is 13.2. The maximum atomic E-state index is 12.9. The Morgan fingerprint density at radius 2 is 1.96 bits per heavy atom. The van der Waals surface area contributed by atoms with Gasteiger partial charge in [0.05, 0.1) is 7.11 Å². The SMILES string of the molecule is COc1ccc([C@@H](CC(=O)N2CCCC2)c2cnc3n2CC[C@@H](C)C3)cc1. The summed E-state index contributed by atoms with van der Waals surface area (Å²) in [5.74, 6) is 2.98. The molecule has 4 rings (SSSR count). The molecule has 0 bridgehead atoms. The van der Waals surface area contributed by atoms with Crippen molar-refractivity contribution >= 4 is 5.91 Å². The number of methoxy groups -OCH3 is 1. The van der Waals surface area contributed by atoms with E-state index in [1.165, 1.54) is 12.1 Å². The molecule has 3 heterocycles. The van der Waals surface area contributed by atoms with Crippen molar-refractivity contribution in [1.82, 2.24) is 14.5 Å². The fraction of sp³-hybridized carbons (Fsp3) is 0.545. The van der Waals surface area contributed by atoms with Crippen molar-refractivity contribution in [3.63, 3.8) is 0 Å². The van der Waals surface area contributed by atoms with Crippen LogP contribution in [0.5, 0.6) is 5.75 Å². The number of aromatic nitrogens is 2. The molecule has 0 N–H and O–H groups in total. The monoisotopic (exact) mass is 367 g/mol. The van der Waals surface area contributed by atoms with Gasteiger partial charge in [0.15, 0.2) is 0 Å². The Balaban J connectivity index is 1.66. The van der Waals surface area contributed by atoms with Gasteiger partial charge < -0.3 is 14.2 Å². The van der Waals surface area contributed by atoms with Crippen LogP contribution in [0.2, 0.25) is 0 Å². The van der Waals surface area contributed by atoms with Gasteiger partial charge in [-0.25, -0.2) is 4.98 Å². The highest BCUT2D eigenvalue weighted by Crippen LogP contribution is 2.33. The summed E-state index contributed by atoms with van der Waals surface area (Å²) < 4.78 is 7.66. The number of nitrogens with zero attached hydrogens (tertiary/aromatic N) is 3. The quantitative estimate of drug-likeness (QED) is 0.811. The van der Waals surface area contributed by atoms with Crippen LogP contribution in [0.4, 0.5) is 0 Å². The van der Waals surface area contributed by atoms with Crippen molar-refractivity contribution in [1.29, 1.82) is 0 Å². The smallest absolute Gasteiger partial charge is 0.223 e. The van der Waals surface area contributed by atoms with E-state index in [0.29, 0.717) is 12.3 Å². The molecule has 2 atom stereocenters. The number of fused-ring (bicyclic) bond motifs is 1. The van der Waals surface area contributed by atoms with Gasteiger partial charge in [-0.1, -0.05) is 19.1 Å². The third-order valence-electron chi connectivity index (χ3n) is 6.06. The first-order valence-electron chi connectivity index (χ1n) is 10.1. The van der Waals surface area contributed by atoms with Gasteiger partial charge in [-0.15, -0.1) is 0 Å². The molecule has 1 fully saturated rings.